The van der Waals surface area contributed by atoms with Gasteiger partial charge in [-0.05, 0) is 33.1 Å². The van der Waals surface area contributed by atoms with Gasteiger partial charge in [-0.2, -0.15) is 5.10 Å². The van der Waals surface area contributed by atoms with E-state index in [1.165, 1.54) is 17.5 Å². The molecule has 1 aromatic heterocycles. The molecular weight excluding hydrogens is 276 g/mol. The van der Waals surface area contributed by atoms with E-state index in [9.17, 15) is 4.79 Å². The molecule has 110 valence electrons. The van der Waals surface area contributed by atoms with Crippen LogP contribution < -0.4 is 15.8 Å². The lowest BCUT2D eigenvalue weighted by Crippen LogP contribution is -2.37. The van der Waals surface area contributed by atoms with Gasteiger partial charge in [0, 0.05) is 25.2 Å². The van der Waals surface area contributed by atoms with Gasteiger partial charge in [-0.15, -0.1) is 0 Å². The van der Waals surface area contributed by atoms with Gasteiger partial charge in [-0.25, -0.2) is 4.68 Å². The number of hydrogen-bond acceptors (Lipinski definition) is 4. The minimum absolute atomic E-state index is 0.0239. The number of nitrogens with one attached hydrogen (secondary N) is 1. The van der Waals surface area contributed by atoms with Gasteiger partial charge in [-0.1, -0.05) is 11.6 Å². The van der Waals surface area contributed by atoms with E-state index in [1.807, 2.05) is 13.8 Å². The minimum atomic E-state index is -0.193. The van der Waals surface area contributed by atoms with Crippen molar-refractivity contribution in [1.82, 2.24) is 15.1 Å². The summed E-state index contributed by atoms with van der Waals surface area (Å²) in [5.74, 6) is 0. The summed E-state index contributed by atoms with van der Waals surface area (Å²) in [6, 6.07) is 1.15. The summed E-state index contributed by atoms with van der Waals surface area (Å²) >= 11 is 6.30. The number of nitrogens with zero attached hydrogens (tertiary/aromatic N) is 3. The Balaban J connectivity index is 1.90. The van der Waals surface area contributed by atoms with Crippen LogP contribution in [0, 0.1) is 0 Å². The quantitative estimate of drug-likeness (QED) is 0.904. The molecule has 3 rings (SSSR count). The molecule has 0 aliphatic carbocycles. The zero-order chi connectivity index (χ0) is 14.3. The second kappa shape index (κ2) is 5.37. The Bertz CT molecular complexity index is 557. The first-order chi connectivity index (χ1) is 9.56. The van der Waals surface area contributed by atoms with Crippen molar-refractivity contribution < 1.29 is 0 Å². The van der Waals surface area contributed by atoms with Gasteiger partial charge in [0.25, 0.3) is 5.56 Å². The smallest absolute Gasteiger partial charge is 0.287 e. The highest BCUT2D eigenvalue weighted by Gasteiger charge is 2.30. The third kappa shape index (κ3) is 2.44. The first-order valence-corrected chi connectivity index (χ1v) is 7.72. The van der Waals surface area contributed by atoms with Crippen LogP contribution in [-0.2, 0) is 0 Å². The molecule has 3 heterocycles. The number of hydrogen-bond donors (Lipinski definition) is 1. The molecule has 2 unspecified atom stereocenters. The summed E-state index contributed by atoms with van der Waals surface area (Å²) in [5.41, 5.74) is 0.587. The molecule has 2 aliphatic rings. The molecule has 6 heteroatoms. The third-order valence-corrected chi connectivity index (χ3v) is 4.63. The molecule has 20 heavy (non-hydrogen) atoms. The molecule has 0 radical (unpaired) electrons. The van der Waals surface area contributed by atoms with Crippen LogP contribution >= 0.6 is 11.6 Å². The van der Waals surface area contributed by atoms with Crippen molar-refractivity contribution in [3.8, 4) is 0 Å². The number of fused-ring (bicyclic) bond motifs is 2. The van der Waals surface area contributed by atoms with E-state index in [2.05, 4.69) is 15.3 Å². The summed E-state index contributed by atoms with van der Waals surface area (Å²) in [5, 5.41) is 8.19. The van der Waals surface area contributed by atoms with E-state index >= 15 is 0 Å². The highest BCUT2D eigenvalue weighted by atomic mass is 35.5. The fourth-order valence-electron chi connectivity index (χ4n) is 3.19. The summed E-state index contributed by atoms with van der Waals surface area (Å²) < 4.78 is 1.44. The van der Waals surface area contributed by atoms with Gasteiger partial charge in [-0.3, -0.25) is 4.79 Å². The summed E-state index contributed by atoms with van der Waals surface area (Å²) in [6.45, 7) is 5.70. The molecule has 2 fully saturated rings. The molecule has 2 atom stereocenters. The predicted molar refractivity (Wildman–Crippen MR) is 80.7 cm³/mol. The van der Waals surface area contributed by atoms with Crippen molar-refractivity contribution in [3.05, 3.63) is 21.6 Å². The van der Waals surface area contributed by atoms with E-state index in [0.717, 1.165) is 25.2 Å². The highest BCUT2D eigenvalue weighted by molar-refractivity contribution is 6.33. The lowest BCUT2D eigenvalue weighted by molar-refractivity contribution is 0.501. The highest BCUT2D eigenvalue weighted by Crippen LogP contribution is 2.27. The predicted octanol–water partition coefficient (Wildman–Crippen LogP) is 1.81. The second-order valence-electron chi connectivity index (χ2n) is 6.06. The zero-order valence-corrected chi connectivity index (χ0v) is 12.7. The monoisotopic (exact) mass is 296 g/mol. The summed E-state index contributed by atoms with van der Waals surface area (Å²) in [4.78, 5) is 14.5. The average Bonchev–Trinajstić information content (AvgIpc) is 2.73. The fraction of sp³-hybridized carbons (Fsp3) is 0.714. The molecule has 0 amide bonds. The number of halogens is 1. The van der Waals surface area contributed by atoms with Crippen molar-refractivity contribution in [2.24, 2.45) is 0 Å². The van der Waals surface area contributed by atoms with Crippen LogP contribution in [0.2, 0.25) is 5.02 Å². The molecular formula is C14H21ClN4O. The van der Waals surface area contributed by atoms with E-state index in [4.69, 9.17) is 11.6 Å². The Hall–Kier alpha value is -1.07. The van der Waals surface area contributed by atoms with Crippen LogP contribution in [0.5, 0.6) is 0 Å². The van der Waals surface area contributed by atoms with Crippen LogP contribution in [0.3, 0.4) is 0 Å². The van der Waals surface area contributed by atoms with Gasteiger partial charge in [0.15, 0.2) is 0 Å². The molecule has 5 nitrogen and oxygen atoms in total. The summed E-state index contributed by atoms with van der Waals surface area (Å²) in [6.07, 6.45) is 5.30. The Labute approximate surface area is 123 Å². The Morgan fingerprint density at radius 3 is 2.85 bits per heavy atom. The number of rotatable bonds is 2. The standard InChI is InChI=1S/C14H21ClN4O/c1-9(2)19-14(20)13(15)12(7-16-19)18-6-5-10-3-4-11(8-18)17-10/h7,9-11,17H,3-6,8H2,1-2H3. The molecule has 2 bridgehead atoms. The van der Waals surface area contributed by atoms with E-state index in [1.54, 1.807) is 6.20 Å². The van der Waals surface area contributed by atoms with Crippen molar-refractivity contribution in [1.29, 1.82) is 0 Å². The number of aromatic nitrogens is 2. The molecule has 0 saturated carbocycles. The molecule has 1 aromatic rings. The molecule has 0 aromatic carbocycles. The largest absolute Gasteiger partial charge is 0.367 e. The van der Waals surface area contributed by atoms with E-state index < -0.39 is 0 Å². The lowest BCUT2D eigenvalue weighted by atomic mass is 10.1. The Kier molecular flexibility index (Phi) is 3.73. The fourth-order valence-corrected chi connectivity index (χ4v) is 3.44. The normalized spacial score (nSPS) is 26.1. The molecule has 1 N–H and O–H groups in total. The third-order valence-electron chi connectivity index (χ3n) is 4.28. The second-order valence-corrected chi connectivity index (χ2v) is 6.44. The zero-order valence-electron chi connectivity index (χ0n) is 12.0. The minimum Gasteiger partial charge on any atom is -0.367 e. The lowest BCUT2D eigenvalue weighted by Gasteiger charge is -2.27. The molecule has 0 spiro atoms. The first-order valence-electron chi connectivity index (χ1n) is 7.34. The van der Waals surface area contributed by atoms with E-state index in [-0.39, 0.29) is 11.6 Å². The summed E-state index contributed by atoms with van der Waals surface area (Å²) in [7, 11) is 0. The topological polar surface area (TPSA) is 50.2 Å². The van der Waals surface area contributed by atoms with Crippen molar-refractivity contribution >= 4 is 17.3 Å². The van der Waals surface area contributed by atoms with Crippen molar-refractivity contribution in [2.75, 3.05) is 18.0 Å². The van der Waals surface area contributed by atoms with Gasteiger partial charge in [0.2, 0.25) is 0 Å². The van der Waals surface area contributed by atoms with Gasteiger partial charge in [0.1, 0.15) is 5.02 Å². The van der Waals surface area contributed by atoms with Crippen LogP contribution in [0.15, 0.2) is 11.0 Å². The van der Waals surface area contributed by atoms with Crippen molar-refractivity contribution in [3.63, 3.8) is 0 Å². The average molecular weight is 297 g/mol. The van der Waals surface area contributed by atoms with Crippen LogP contribution in [-0.4, -0.2) is 35.0 Å². The first kappa shape index (κ1) is 13.9. The maximum absolute atomic E-state index is 12.2. The van der Waals surface area contributed by atoms with Crippen LogP contribution in [0.4, 0.5) is 5.69 Å². The number of anilines is 1. The van der Waals surface area contributed by atoms with E-state index in [0.29, 0.717) is 17.1 Å². The molecule has 2 aliphatic heterocycles. The SMILES string of the molecule is CC(C)n1ncc(N2CCC3CCC(C2)N3)c(Cl)c1=O. The maximum atomic E-state index is 12.2. The van der Waals surface area contributed by atoms with Gasteiger partial charge >= 0.3 is 0 Å². The Morgan fingerprint density at radius 1 is 1.35 bits per heavy atom. The molecule has 2 saturated heterocycles. The van der Waals surface area contributed by atoms with Crippen LogP contribution in [0.25, 0.3) is 0 Å². The van der Waals surface area contributed by atoms with Crippen molar-refractivity contribution in [2.45, 2.75) is 51.2 Å². The van der Waals surface area contributed by atoms with Crippen LogP contribution in [0.1, 0.15) is 39.2 Å². The maximum Gasteiger partial charge on any atom is 0.287 e. The van der Waals surface area contributed by atoms with Gasteiger partial charge < -0.3 is 10.2 Å². The Morgan fingerprint density at radius 2 is 2.10 bits per heavy atom. The van der Waals surface area contributed by atoms with Gasteiger partial charge in [0.05, 0.1) is 17.9 Å².